The fourth-order valence-corrected chi connectivity index (χ4v) is 1.67. The molecule has 0 bridgehead atoms. The van der Waals surface area contributed by atoms with Crippen LogP contribution >= 0.6 is 0 Å². The molecular formula is C13H8FN4. The van der Waals surface area contributed by atoms with Crippen molar-refractivity contribution >= 4 is 0 Å². The van der Waals surface area contributed by atoms with Gasteiger partial charge in [-0.05, 0) is 36.4 Å². The lowest BCUT2D eigenvalue weighted by molar-refractivity contribution is 0.627. The summed E-state index contributed by atoms with van der Waals surface area (Å²) in [6.45, 7) is 0. The van der Waals surface area contributed by atoms with Gasteiger partial charge in [-0.25, -0.2) is 9.07 Å². The number of pyridine rings is 1. The summed E-state index contributed by atoms with van der Waals surface area (Å²) in [5, 5.41) is 7.73. The lowest BCUT2D eigenvalue weighted by Crippen LogP contribution is -1.99. The molecule has 0 saturated carbocycles. The maximum absolute atomic E-state index is 12.9. The van der Waals surface area contributed by atoms with Crippen molar-refractivity contribution in [2.75, 3.05) is 0 Å². The molecule has 0 aliphatic rings. The van der Waals surface area contributed by atoms with Crippen molar-refractivity contribution < 1.29 is 4.39 Å². The van der Waals surface area contributed by atoms with Crippen molar-refractivity contribution in [3.63, 3.8) is 0 Å². The van der Waals surface area contributed by atoms with Crippen LogP contribution < -0.4 is 0 Å². The zero-order chi connectivity index (χ0) is 12.4. The number of hydrogen-bond donors (Lipinski definition) is 0. The number of hydrogen-bond acceptors (Lipinski definition) is 3. The van der Waals surface area contributed by atoms with Gasteiger partial charge in [0.25, 0.3) is 0 Å². The summed E-state index contributed by atoms with van der Waals surface area (Å²) >= 11 is 0. The second-order valence-corrected chi connectivity index (χ2v) is 3.67. The maximum Gasteiger partial charge on any atom is 0.144 e. The van der Waals surface area contributed by atoms with Crippen molar-refractivity contribution in [1.82, 2.24) is 20.0 Å². The largest absolute Gasteiger partial charge is 0.265 e. The minimum absolute atomic E-state index is 0.284. The third kappa shape index (κ3) is 1.86. The Kier molecular flexibility index (Phi) is 2.57. The van der Waals surface area contributed by atoms with Crippen molar-refractivity contribution in [2.45, 2.75) is 0 Å². The van der Waals surface area contributed by atoms with Crippen LogP contribution in [0.4, 0.5) is 4.39 Å². The van der Waals surface area contributed by atoms with Gasteiger partial charge < -0.3 is 0 Å². The quantitative estimate of drug-likeness (QED) is 0.689. The van der Waals surface area contributed by atoms with Crippen LogP contribution in [0.3, 0.4) is 0 Å². The summed E-state index contributed by atoms with van der Waals surface area (Å²) < 4.78 is 14.5. The molecule has 3 aromatic rings. The Labute approximate surface area is 103 Å². The summed E-state index contributed by atoms with van der Waals surface area (Å²) in [6.07, 6.45) is 6.19. The molecule has 0 atom stereocenters. The van der Waals surface area contributed by atoms with Crippen molar-refractivity contribution in [3.05, 3.63) is 60.8 Å². The molecule has 0 aliphatic carbocycles. The van der Waals surface area contributed by atoms with Gasteiger partial charge in [0.2, 0.25) is 0 Å². The smallest absolute Gasteiger partial charge is 0.144 e. The lowest BCUT2D eigenvalue weighted by Gasteiger charge is -2.05. The molecule has 1 radical (unpaired) electrons. The van der Waals surface area contributed by atoms with Crippen LogP contribution in [0.5, 0.6) is 0 Å². The highest BCUT2D eigenvalue weighted by Crippen LogP contribution is 2.20. The van der Waals surface area contributed by atoms with Crippen LogP contribution in [0.2, 0.25) is 0 Å². The zero-order valence-corrected chi connectivity index (χ0v) is 9.29. The first-order chi connectivity index (χ1) is 8.84. The fraction of sp³-hybridized carbons (Fsp3) is 0. The summed E-state index contributed by atoms with van der Waals surface area (Å²) in [6, 6.07) is 9.73. The molecule has 1 aromatic carbocycles. The molecule has 0 amide bonds. The van der Waals surface area contributed by atoms with Crippen LogP contribution in [0.1, 0.15) is 0 Å². The summed E-state index contributed by atoms with van der Waals surface area (Å²) in [7, 11) is 0. The predicted octanol–water partition coefficient (Wildman–Crippen LogP) is 2.27. The number of aromatic nitrogens is 4. The van der Waals surface area contributed by atoms with E-state index in [1.54, 1.807) is 29.2 Å². The number of nitrogens with zero attached hydrogens (tertiary/aromatic N) is 4. The van der Waals surface area contributed by atoms with Gasteiger partial charge in [-0.1, -0.05) is 5.21 Å². The molecule has 87 valence electrons. The van der Waals surface area contributed by atoms with Gasteiger partial charge in [0, 0.05) is 18.0 Å². The van der Waals surface area contributed by atoms with E-state index in [1.165, 1.54) is 12.1 Å². The Morgan fingerprint density at radius 3 is 2.44 bits per heavy atom. The van der Waals surface area contributed by atoms with E-state index in [0.29, 0.717) is 5.69 Å². The van der Waals surface area contributed by atoms with Gasteiger partial charge in [0.15, 0.2) is 0 Å². The van der Waals surface area contributed by atoms with Crippen LogP contribution in [0.25, 0.3) is 16.9 Å². The molecule has 0 unspecified atom stereocenters. The number of rotatable bonds is 2. The van der Waals surface area contributed by atoms with Crippen molar-refractivity contribution in [3.8, 4) is 16.9 Å². The van der Waals surface area contributed by atoms with Gasteiger partial charge in [0.1, 0.15) is 17.7 Å². The van der Waals surface area contributed by atoms with Crippen LogP contribution in [0, 0.1) is 12.0 Å². The van der Waals surface area contributed by atoms with E-state index in [2.05, 4.69) is 21.5 Å². The molecule has 0 N–H and O–H groups in total. The summed E-state index contributed by atoms with van der Waals surface area (Å²) in [5.41, 5.74) is 2.35. The lowest BCUT2D eigenvalue weighted by atomic mass is 10.2. The summed E-state index contributed by atoms with van der Waals surface area (Å²) in [4.78, 5) is 3.96. The molecule has 0 spiro atoms. The van der Waals surface area contributed by atoms with Crippen molar-refractivity contribution in [1.29, 1.82) is 0 Å². The topological polar surface area (TPSA) is 43.6 Å². The van der Waals surface area contributed by atoms with Crippen LogP contribution in [0.15, 0.2) is 48.8 Å². The van der Waals surface area contributed by atoms with Crippen LogP contribution in [-0.4, -0.2) is 20.0 Å². The van der Waals surface area contributed by atoms with E-state index in [4.69, 9.17) is 0 Å². The average molecular weight is 239 g/mol. The first-order valence-electron chi connectivity index (χ1n) is 5.34. The fourth-order valence-electron chi connectivity index (χ4n) is 1.67. The van der Waals surface area contributed by atoms with Gasteiger partial charge in [-0.2, -0.15) is 0 Å². The van der Waals surface area contributed by atoms with E-state index < -0.39 is 0 Å². The Hall–Kier alpha value is -2.56. The molecular weight excluding hydrogens is 231 g/mol. The average Bonchev–Trinajstić information content (AvgIpc) is 2.90. The minimum atomic E-state index is -0.284. The van der Waals surface area contributed by atoms with E-state index in [1.807, 2.05) is 12.1 Å². The molecule has 3 rings (SSSR count). The maximum atomic E-state index is 12.9. The minimum Gasteiger partial charge on any atom is -0.265 e. The molecule has 2 aromatic heterocycles. The molecule has 0 fully saturated rings. The standard InChI is InChI=1S/C13H8FN4/c14-11-1-3-12(4-2-11)18-13(9-16-17-18)10-5-7-15-8-6-10/h1-8H. The predicted molar refractivity (Wildman–Crippen MR) is 63.4 cm³/mol. The zero-order valence-electron chi connectivity index (χ0n) is 9.29. The van der Waals surface area contributed by atoms with E-state index in [-0.39, 0.29) is 5.82 Å². The Balaban J connectivity index is 2.10. The molecule has 0 aliphatic heterocycles. The molecule has 2 heterocycles. The van der Waals surface area contributed by atoms with E-state index in [0.717, 1.165) is 11.3 Å². The Morgan fingerprint density at radius 1 is 1.00 bits per heavy atom. The highest BCUT2D eigenvalue weighted by Gasteiger charge is 2.08. The van der Waals surface area contributed by atoms with Gasteiger partial charge in [-0.3, -0.25) is 4.98 Å². The van der Waals surface area contributed by atoms with Gasteiger partial charge >= 0.3 is 0 Å². The third-order valence-corrected chi connectivity index (χ3v) is 2.53. The van der Waals surface area contributed by atoms with E-state index >= 15 is 0 Å². The summed E-state index contributed by atoms with van der Waals surface area (Å²) in [5.74, 6) is -0.284. The highest BCUT2D eigenvalue weighted by atomic mass is 19.1. The first-order valence-corrected chi connectivity index (χ1v) is 5.34. The van der Waals surface area contributed by atoms with Gasteiger partial charge in [0.05, 0.1) is 5.69 Å². The molecule has 18 heavy (non-hydrogen) atoms. The second kappa shape index (κ2) is 4.37. The normalized spacial score (nSPS) is 10.5. The van der Waals surface area contributed by atoms with E-state index in [9.17, 15) is 4.39 Å². The van der Waals surface area contributed by atoms with Crippen molar-refractivity contribution in [2.24, 2.45) is 0 Å². The molecule has 5 heteroatoms. The third-order valence-electron chi connectivity index (χ3n) is 2.53. The highest BCUT2D eigenvalue weighted by molar-refractivity contribution is 5.59. The van der Waals surface area contributed by atoms with Crippen LogP contribution in [-0.2, 0) is 0 Å². The Bertz CT molecular complexity index is 646. The van der Waals surface area contributed by atoms with Gasteiger partial charge in [-0.15, -0.1) is 5.10 Å². The first kappa shape index (κ1) is 10.6. The monoisotopic (exact) mass is 239 g/mol. The molecule has 0 saturated heterocycles. The number of benzene rings is 1. The second-order valence-electron chi connectivity index (χ2n) is 3.67. The molecule has 4 nitrogen and oxygen atoms in total. The Morgan fingerprint density at radius 2 is 1.72 bits per heavy atom. The number of halogens is 1. The SMILES string of the molecule is Fc1ccc(-n2nn[c]c2-c2ccncc2)cc1.